The molecule has 0 unspecified atom stereocenters. The quantitative estimate of drug-likeness (QED) is 0.526. The van der Waals surface area contributed by atoms with Crippen LogP contribution < -0.4 is 0 Å². The fraction of sp³-hybridized carbons (Fsp3) is 0.167. The van der Waals surface area contributed by atoms with E-state index >= 15 is 0 Å². The van der Waals surface area contributed by atoms with Gasteiger partial charge in [0.2, 0.25) is 0 Å². The molecule has 0 radical (unpaired) electrons. The predicted molar refractivity (Wildman–Crippen MR) is 108 cm³/mol. The van der Waals surface area contributed by atoms with Crippen LogP contribution in [0.1, 0.15) is 46.2 Å². The minimum absolute atomic E-state index is 0.206. The highest BCUT2D eigenvalue weighted by Gasteiger charge is 2.54. The maximum Gasteiger partial charge on any atom is 0.0630 e. The second-order valence-electron chi connectivity index (χ2n) is 7.19. The minimum atomic E-state index is 0.206. The third-order valence-electron chi connectivity index (χ3n) is 5.77. The Morgan fingerprint density at radius 3 is 1.25 bits per heavy atom. The van der Waals surface area contributed by atoms with E-state index in [0.717, 1.165) is 11.4 Å². The Bertz CT molecular complexity index is 841. The van der Waals surface area contributed by atoms with E-state index in [1.54, 1.807) is 24.8 Å². The number of hydrogen-bond acceptors (Lipinski definition) is 4. The molecule has 5 rings (SSSR count). The van der Waals surface area contributed by atoms with Crippen LogP contribution in [0.4, 0.5) is 0 Å². The summed E-state index contributed by atoms with van der Waals surface area (Å²) in [4.78, 5) is 18.0. The predicted octanol–water partition coefficient (Wildman–Crippen LogP) is 4.72. The first-order chi connectivity index (χ1) is 13.9. The zero-order valence-electron chi connectivity index (χ0n) is 15.3. The van der Waals surface area contributed by atoms with E-state index in [4.69, 9.17) is 0 Å². The largest absolute Gasteiger partial charge is 0.261 e. The molecule has 1 fully saturated rings. The van der Waals surface area contributed by atoms with Crippen LogP contribution in [0.15, 0.2) is 97.8 Å². The monoisotopic (exact) mass is 364 g/mol. The zero-order chi connectivity index (χ0) is 18.8. The Morgan fingerprint density at radius 1 is 0.464 bits per heavy atom. The normalized spacial score (nSPS) is 23.7. The molecule has 2 aromatic heterocycles. The van der Waals surface area contributed by atoms with Gasteiger partial charge in [-0.05, 0) is 11.1 Å². The maximum absolute atomic E-state index is 4.67. The molecule has 4 nitrogen and oxygen atoms in total. The number of rotatable bonds is 4. The van der Waals surface area contributed by atoms with Crippen LogP contribution >= 0.6 is 0 Å². The van der Waals surface area contributed by atoms with Crippen LogP contribution in [0.2, 0.25) is 0 Å². The molecule has 0 spiro atoms. The average molecular weight is 364 g/mol. The summed E-state index contributed by atoms with van der Waals surface area (Å²) < 4.78 is 0. The van der Waals surface area contributed by atoms with E-state index in [-0.39, 0.29) is 11.8 Å². The summed E-state index contributed by atoms with van der Waals surface area (Å²) >= 11 is 0. The van der Waals surface area contributed by atoms with Gasteiger partial charge in [0.05, 0.1) is 11.4 Å². The number of hydrogen-bond donors (Lipinski definition) is 0. The molecule has 4 aromatic rings. The minimum Gasteiger partial charge on any atom is -0.261 e. The zero-order valence-corrected chi connectivity index (χ0v) is 15.3. The second kappa shape index (κ2) is 7.31. The van der Waals surface area contributed by atoms with Crippen molar-refractivity contribution in [2.24, 2.45) is 0 Å². The van der Waals surface area contributed by atoms with Crippen LogP contribution in [-0.2, 0) is 0 Å². The van der Waals surface area contributed by atoms with Crippen molar-refractivity contribution in [2.75, 3.05) is 0 Å². The molecule has 0 saturated heterocycles. The van der Waals surface area contributed by atoms with Gasteiger partial charge in [-0.15, -0.1) is 0 Å². The molecule has 0 bridgehead atoms. The fourth-order valence-electron chi connectivity index (χ4n) is 4.63. The molecule has 0 aliphatic heterocycles. The lowest BCUT2D eigenvalue weighted by atomic mass is 9.51. The molecule has 2 heterocycles. The number of aromatic nitrogens is 4. The van der Waals surface area contributed by atoms with Crippen LogP contribution in [0.5, 0.6) is 0 Å². The Morgan fingerprint density at radius 2 is 0.893 bits per heavy atom. The molecular weight excluding hydrogens is 344 g/mol. The smallest absolute Gasteiger partial charge is 0.0630 e. The molecule has 4 atom stereocenters. The van der Waals surface area contributed by atoms with Crippen molar-refractivity contribution in [1.29, 1.82) is 0 Å². The lowest BCUT2D eigenvalue weighted by Crippen LogP contribution is -2.41. The van der Waals surface area contributed by atoms with Gasteiger partial charge in [0.1, 0.15) is 0 Å². The van der Waals surface area contributed by atoms with Crippen molar-refractivity contribution in [1.82, 2.24) is 19.9 Å². The van der Waals surface area contributed by atoms with Crippen LogP contribution in [0.25, 0.3) is 0 Å². The second-order valence-corrected chi connectivity index (χ2v) is 7.19. The first-order valence-electron chi connectivity index (χ1n) is 9.55. The van der Waals surface area contributed by atoms with Gasteiger partial charge in [0.25, 0.3) is 0 Å². The van der Waals surface area contributed by atoms with Gasteiger partial charge in [0, 0.05) is 60.9 Å². The summed E-state index contributed by atoms with van der Waals surface area (Å²) in [5.41, 5.74) is 4.68. The Balaban J connectivity index is 1.67. The topological polar surface area (TPSA) is 51.6 Å². The summed E-state index contributed by atoms with van der Waals surface area (Å²) in [6.07, 6.45) is 10.8. The number of nitrogens with zero attached hydrogens (tertiary/aromatic N) is 4. The van der Waals surface area contributed by atoms with Crippen molar-refractivity contribution in [3.8, 4) is 0 Å². The molecule has 1 aliphatic rings. The lowest BCUT2D eigenvalue weighted by Gasteiger charge is -2.52. The molecule has 4 heteroatoms. The van der Waals surface area contributed by atoms with E-state index in [1.165, 1.54) is 11.1 Å². The molecule has 0 amide bonds. The summed E-state index contributed by atoms with van der Waals surface area (Å²) in [5.74, 6) is 1.04. The lowest BCUT2D eigenvalue weighted by molar-refractivity contribution is 0.219. The summed E-state index contributed by atoms with van der Waals surface area (Å²) in [5, 5.41) is 0. The van der Waals surface area contributed by atoms with Gasteiger partial charge in [-0.2, -0.15) is 0 Å². The maximum atomic E-state index is 4.67. The molecular formula is C24H20N4. The summed E-state index contributed by atoms with van der Waals surface area (Å²) in [6, 6.07) is 21.5. The first-order valence-corrected chi connectivity index (χ1v) is 9.55. The highest BCUT2D eigenvalue weighted by atomic mass is 14.8. The van der Waals surface area contributed by atoms with Gasteiger partial charge >= 0.3 is 0 Å². The van der Waals surface area contributed by atoms with Gasteiger partial charge in [-0.1, -0.05) is 60.7 Å². The van der Waals surface area contributed by atoms with E-state index in [0.29, 0.717) is 11.8 Å². The van der Waals surface area contributed by atoms with Gasteiger partial charge < -0.3 is 0 Å². The highest BCUT2D eigenvalue weighted by molar-refractivity contribution is 5.44. The Kier molecular flexibility index (Phi) is 4.37. The van der Waals surface area contributed by atoms with Crippen molar-refractivity contribution in [3.63, 3.8) is 0 Å². The molecule has 136 valence electrons. The van der Waals surface area contributed by atoms with E-state index in [9.17, 15) is 0 Å². The summed E-state index contributed by atoms with van der Waals surface area (Å²) in [7, 11) is 0. The van der Waals surface area contributed by atoms with E-state index in [2.05, 4.69) is 80.6 Å². The third-order valence-corrected chi connectivity index (χ3v) is 5.77. The van der Waals surface area contributed by atoms with Crippen LogP contribution in [-0.4, -0.2) is 19.9 Å². The van der Waals surface area contributed by atoms with Crippen molar-refractivity contribution >= 4 is 0 Å². The standard InChI is InChI=1S/C24H20N4/c1-3-7-17(8-4-1)21-22(18-9-5-2-6-10-18)24(20-16-26-12-14-28-20)23(21)19-15-25-11-13-27-19/h1-16,21-24H/t21-,22+,23+,24-. The van der Waals surface area contributed by atoms with Crippen molar-refractivity contribution < 1.29 is 0 Å². The van der Waals surface area contributed by atoms with Gasteiger partial charge in [-0.25, -0.2) is 0 Å². The first kappa shape index (κ1) is 16.8. The Labute approximate surface area is 164 Å². The molecule has 1 aliphatic carbocycles. The van der Waals surface area contributed by atoms with Gasteiger partial charge in [-0.3, -0.25) is 19.9 Å². The molecule has 28 heavy (non-hydrogen) atoms. The number of benzene rings is 2. The van der Waals surface area contributed by atoms with E-state index < -0.39 is 0 Å². The van der Waals surface area contributed by atoms with Gasteiger partial charge in [0.15, 0.2) is 0 Å². The average Bonchev–Trinajstić information content (AvgIpc) is 2.76. The third kappa shape index (κ3) is 2.87. The van der Waals surface area contributed by atoms with Crippen LogP contribution in [0.3, 0.4) is 0 Å². The highest BCUT2D eigenvalue weighted by Crippen LogP contribution is 2.65. The van der Waals surface area contributed by atoms with Crippen molar-refractivity contribution in [2.45, 2.75) is 23.7 Å². The van der Waals surface area contributed by atoms with E-state index in [1.807, 2.05) is 12.4 Å². The molecule has 0 N–H and O–H groups in total. The van der Waals surface area contributed by atoms with Crippen molar-refractivity contribution in [3.05, 3.63) is 120 Å². The Hall–Kier alpha value is -3.40. The van der Waals surface area contributed by atoms with Crippen LogP contribution in [0, 0.1) is 0 Å². The summed E-state index contributed by atoms with van der Waals surface area (Å²) in [6.45, 7) is 0. The molecule has 1 saturated carbocycles. The SMILES string of the molecule is c1ccc([C@@H]2[C@H](c3ccccc3)[C@@H](c3cnccn3)[C@H]2c2cnccn2)cc1. The fourth-order valence-corrected chi connectivity index (χ4v) is 4.63. The molecule has 2 aromatic carbocycles.